The molecule has 0 radical (unpaired) electrons. The quantitative estimate of drug-likeness (QED) is 0.393. The first-order valence-electron chi connectivity index (χ1n) is 11.3. The minimum atomic E-state index is -0.236. The van der Waals surface area contributed by atoms with E-state index in [0.29, 0.717) is 25.2 Å². The highest BCUT2D eigenvalue weighted by molar-refractivity contribution is 5.78. The molecule has 170 valence electrons. The SMILES string of the molecule is CC[C@H](C)N(CC(=O)N(CCc1ccccc1)Cc1ccc(C)o1)Cc1ccccc1F. The predicted octanol–water partition coefficient (Wildman–Crippen LogP) is 5.60. The molecule has 3 rings (SSSR count). The number of rotatable bonds is 11. The van der Waals surface area contributed by atoms with Crippen molar-refractivity contribution in [3.05, 3.63) is 95.2 Å². The monoisotopic (exact) mass is 436 g/mol. The van der Waals surface area contributed by atoms with Crippen LogP contribution in [0.5, 0.6) is 0 Å². The molecule has 2 aromatic carbocycles. The molecule has 0 N–H and O–H groups in total. The smallest absolute Gasteiger partial charge is 0.237 e. The van der Waals surface area contributed by atoms with E-state index >= 15 is 0 Å². The fraction of sp³-hybridized carbons (Fsp3) is 0.370. The Morgan fingerprint density at radius 3 is 2.38 bits per heavy atom. The average molecular weight is 437 g/mol. The molecular weight excluding hydrogens is 403 g/mol. The second-order valence-electron chi connectivity index (χ2n) is 8.32. The summed E-state index contributed by atoms with van der Waals surface area (Å²) in [5.74, 6) is 1.39. The van der Waals surface area contributed by atoms with E-state index in [2.05, 4.69) is 30.9 Å². The molecule has 0 aliphatic heterocycles. The third kappa shape index (κ3) is 6.79. The van der Waals surface area contributed by atoms with E-state index in [0.717, 1.165) is 24.4 Å². The van der Waals surface area contributed by atoms with Crippen molar-refractivity contribution in [3.63, 3.8) is 0 Å². The number of nitrogens with zero attached hydrogens (tertiary/aromatic N) is 2. The number of carbonyl (C=O) groups is 1. The third-order valence-electron chi connectivity index (χ3n) is 5.89. The van der Waals surface area contributed by atoms with Crippen LogP contribution in [0.1, 0.15) is 42.9 Å². The second-order valence-corrected chi connectivity index (χ2v) is 8.32. The summed E-state index contributed by atoms with van der Waals surface area (Å²) in [6.45, 7) is 7.72. The van der Waals surface area contributed by atoms with Gasteiger partial charge in [0, 0.05) is 24.7 Å². The maximum Gasteiger partial charge on any atom is 0.237 e. The maximum atomic E-state index is 14.3. The van der Waals surface area contributed by atoms with Gasteiger partial charge in [0.15, 0.2) is 0 Å². The number of carbonyl (C=O) groups excluding carboxylic acids is 1. The van der Waals surface area contributed by atoms with E-state index in [4.69, 9.17) is 4.42 Å². The Morgan fingerprint density at radius 2 is 1.72 bits per heavy atom. The summed E-state index contributed by atoms with van der Waals surface area (Å²) in [6.07, 6.45) is 1.64. The molecule has 1 amide bonds. The maximum absolute atomic E-state index is 14.3. The van der Waals surface area contributed by atoms with Crippen LogP contribution in [0, 0.1) is 12.7 Å². The van der Waals surface area contributed by atoms with Crippen molar-refractivity contribution in [1.29, 1.82) is 0 Å². The fourth-order valence-corrected chi connectivity index (χ4v) is 3.70. The Labute approximate surface area is 190 Å². The van der Waals surface area contributed by atoms with Gasteiger partial charge in [0.05, 0.1) is 13.1 Å². The first kappa shape index (κ1) is 23.7. The minimum Gasteiger partial charge on any atom is -0.464 e. The summed E-state index contributed by atoms with van der Waals surface area (Å²) in [4.78, 5) is 17.3. The van der Waals surface area contributed by atoms with E-state index in [9.17, 15) is 9.18 Å². The first-order valence-corrected chi connectivity index (χ1v) is 11.3. The van der Waals surface area contributed by atoms with Crippen molar-refractivity contribution in [1.82, 2.24) is 9.80 Å². The Balaban J connectivity index is 1.74. The van der Waals surface area contributed by atoms with Crippen LogP contribution >= 0.6 is 0 Å². The van der Waals surface area contributed by atoms with Crippen molar-refractivity contribution in [2.75, 3.05) is 13.1 Å². The lowest BCUT2D eigenvalue weighted by Crippen LogP contribution is -2.43. The highest BCUT2D eigenvalue weighted by Gasteiger charge is 2.22. The highest BCUT2D eigenvalue weighted by atomic mass is 19.1. The van der Waals surface area contributed by atoms with Gasteiger partial charge in [-0.05, 0) is 50.5 Å². The molecule has 1 heterocycles. The second kappa shape index (κ2) is 11.6. The van der Waals surface area contributed by atoms with Crippen LogP contribution in [0.25, 0.3) is 0 Å². The lowest BCUT2D eigenvalue weighted by molar-refractivity contribution is -0.134. The summed E-state index contributed by atoms with van der Waals surface area (Å²) in [7, 11) is 0. The molecule has 1 atom stereocenters. The van der Waals surface area contributed by atoms with Crippen molar-refractivity contribution in [2.45, 2.75) is 52.7 Å². The fourth-order valence-electron chi connectivity index (χ4n) is 3.70. The zero-order chi connectivity index (χ0) is 22.9. The van der Waals surface area contributed by atoms with Crippen LogP contribution in [-0.2, 0) is 24.3 Å². The molecule has 0 spiro atoms. The Bertz CT molecular complexity index is 986. The van der Waals surface area contributed by atoms with E-state index in [1.165, 1.54) is 11.6 Å². The predicted molar refractivity (Wildman–Crippen MR) is 126 cm³/mol. The molecule has 4 nitrogen and oxygen atoms in total. The summed E-state index contributed by atoms with van der Waals surface area (Å²) < 4.78 is 20.0. The van der Waals surface area contributed by atoms with E-state index in [-0.39, 0.29) is 24.3 Å². The molecule has 32 heavy (non-hydrogen) atoms. The van der Waals surface area contributed by atoms with Crippen molar-refractivity contribution < 1.29 is 13.6 Å². The summed E-state index contributed by atoms with van der Waals surface area (Å²) in [5, 5.41) is 0. The summed E-state index contributed by atoms with van der Waals surface area (Å²) in [6, 6.07) is 20.9. The van der Waals surface area contributed by atoms with Crippen LogP contribution in [0.2, 0.25) is 0 Å². The molecule has 0 bridgehead atoms. The Kier molecular flexibility index (Phi) is 8.63. The number of halogens is 1. The molecule has 5 heteroatoms. The van der Waals surface area contributed by atoms with Crippen LogP contribution in [0.4, 0.5) is 4.39 Å². The van der Waals surface area contributed by atoms with E-state index in [1.807, 2.05) is 48.2 Å². The summed E-state index contributed by atoms with van der Waals surface area (Å²) in [5.41, 5.74) is 1.80. The zero-order valence-electron chi connectivity index (χ0n) is 19.3. The van der Waals surface area contributed by atoms with Gasteiger partial charge >= 0.3 is 0 Å². The minimum absolute atomic E-state index is 0.0200. The van der Waals surface area contributed by atoms with Gasteiger partial charge in [-0.15, -0.1) is 0 Å². The normalized spacial score (nSPS) is 12.2. The Hall–Kier alpha value is -2.92. The molecule has 1 aromatic heterocycles. The molecule has 3 aromatic rings. The molecule has 0 aliphatic rings. The number of amides is 1. The lowest BCUT2D eigenvalue weighted by atomic mass is 10.1. The van der Waals surface area contributed by atoms with E-state index in [1.54, 1.807) is 12.1 Å². The molecule has 0 aliphatic carbocycles. The van der Waals surface area contributed by atoms with Crippen LogP contribution in [0.3, 0.4) is 0 Å². The van der Waals surface area contributed by atoms with Crippen LogP contribution < -0.4 is 0 Å². The number of aryl methyl sites for hydroxylation is 1. The van der Waals surface area contributed by atoms with E-state index < -0.39 is 0 Å². The lowest BCUT2D eigenvalue weighted by Gasteiger charge is -2.31. The Morgan fingerprint density at radius 1 is 1.00 bits per heavy atom. The molecule has 0 unspecified atom stereocenters. The topological polar surface area (TPSA) is 36.7 Å². The van der Waals surface area contributed by atoms with Gasteiger partial charge in [0.2, 0.25) is 5.91 Å². The number of furan rings is 1. The highest BCUT2D eigenvalue weighted by Crippen LogP contribution is 2.16. The van der Waals surface area contributed by atoms with Gasteiger partial charge in [0.1, 0.15) is 17.3 Å². The van der Waals surface area contributed by atoms with Gasteiger partial charge < -0.3 is 9.32 Å². The molecule has 0 fully saturated rings. The molecular formula is C27H33FN2O2. The third-order valence-corrected chi connectivity index (χ3v) is 5.89. The number of hydrogen-bond donors (Lipinski definition) is 0. The van der Waals surface area contributed by atoms with Gasteiger partial charge in [0.25, 0.3) is 0 Å². The van der Waals surface area contributed by atoms with Crippen molar-refractivity contribution in [3.8, 4) is 0 Å². The van der Waals surface area contributed by atoms with Crippen LogP contribution in [0.15, 0.2) is 71.1 Å². The zero-order valence-corrected chi connectivity index (χ0v) is 19.3. The summed E-state index contributed by atoms with van der Waals surface area (Å²) >= 11 is 0. The van der Waals surface area contributed by atoms with Crippen LogP contribution in [-0.4, -0.2) is 34.8 Å². The van der Waals surface area contributed by atoms with Crippen molar-refractivity contribution in [2.24, 2.45) is 0 Å². The van der Waals surface area contributed by atoms with Gasteiger partial charge in [-0.2, -0.15) is 0 Å². The number of hydrogen-bond acceptors (Lipinski definition) is 3. The standard InChI is InChI=1S/C27H33FN2O2/c1-4-21(2)30(18-24-12-8-9-13-26(24)28)20-27(31)29(19-25-15-14-22(3)32-25)17-16-23-10-6-5-7-11-23/h5-15,21H,4,16-20H2,1-3H3/t21-/m0/s1. The first-order chi connectivity index (χ1) is 15.5. The van der Waals surface area contributed by atoms with Crippen molar-refractivity contribution >= 4 is 5.91 Å². The number of benzene rings is 2. The molecule has 0 saturated heterocycles. The largest absolute Gasteiger partial charge is 0.464 e. The van der Waals surface area contributed by atoms with Gasteiger partial charge in [-0.25, -0.2) is 4.39 Å². The van der Waals surface area contributed by atoms with Gasteiger partial charge in [-0.3, -0.25) is 9.69 Å². The van der Waals surface area contributed by atoms with Gasteiger partial charge in [-0.1, -0.05) is 55.5 Å². The molecule has 0 saturated carbocycles. The average Bonchev–Trinajstić information content (AvgIpc) is 3.22.